The van der Waals surface area contributed by atoms with Gasteiger partial charge in [0.05, 0.1) is 17.1 Å². The highest BCUT2D eigenvalue weighted by atomic mass is 16.5. The molecule has 0 spiro atoms. The van der Waals surface area contributed by atoms with Crippen LogP contribution >= 0.6 is 0 Å². The molecule has 3 aliphatic rings. The molecule has 6 heteroatoms. The van der Waals surface area contributed by atoms with Gasteiger partial charge in [-0.05, 0) is 67.1 Å². The topological polar surface area (TPSA) is 77.3 Å². The monoisotopic (exact) mass is 394 g/mol. The van der Waals surface area contributed by atoms with E-state index in [0.717, 1.165) is 38.7 Å². The molecular weight excluding hydrogens is 376 g/mol. The minimum absolute atomic E-state index is 0.104. The Labute approximate surface area is 173 Å². The number of nitrogens with one attached hydrogen (secondary N) is 1. The van der Waals surface area contributed by atoms with Crippen molar-refractivity contribution in [1.29, 1.82) is 0 Å². The van der Waals surface area contributed by atoms with Crippen LogP contribution in [-0.2, 0) is 4.79 Å². The zero-order chi connectivity index (χ0) is 20.7. The molecule has 0 aromatic heterocycles. The minimum Gasteiger partial charge on any atom is -0.321 e. The summed E-state index contributed by atoms with van der Waals surface area (Å²) in [4.78, 5) is 12.4. The summed E-state index contributed by atoms with van der Waals surface area (Å²) in [6.45, 7) is 2.01. The van der Waals surface area contributed by atoms with Crippen molar-refractivity contribution in [3.8, 4) is 0 Å². The van der Waals surface area contributed by atoms with E-state index >= 15 is 0 Å². The van der Waals surface area contributed by atoms with E-state index in [-0.39, 0.29) is 5.91 Å². The predicted molar refractivity (Wildman–Crippen MR) is 117 cm³/mol. The maximum atomic E-state index is 12.4. The molecule has 0 aliphatic carbocycles. The summed E-state index contributed by atoms with van der Waals surface area (Å²) < 4.78 is 0. The van der Waals surface area contributed by atoms with Crippen LogP contribution in [0.2, 0.25) is 0 Å². The number of hydroxylamine groups is 2. The van der Waals surface area contributed by atoms with Crippen molar-refractivity contribution in [3.63, 3.8) is 0 Å². The Balaban J connectivity index is 1.46. The van der Waals surface area contributed by atoms with Crippen LogP contribution in [0.15, 0.2) is 88.9 Å². The van der Waals surface area contributed by atoms with Crippen molar-refractivity contribution in [1.82, 2.24) is 5.06 Å². The normalized spacial score (nSPS) is 20.4. The van der Waals surface area contributed by atoms with Crippen LogP contribution in [0.3, 0.4) is 0 Å². The van der Waals surface area contributed by atoms with Gasteiger partial charge in [-0.1, -0.05) is 23.8 Å². The van der Waals surface area contributed by atoms with Gasteiger partial charge in [-0.15, -0.1) is 10.2 Å². The van der Waals surface area contributed by atoms with Crippen LogP contribution in [0.1, 0.15) is 22.3 Å². The Hall–Kier alpha value is -4.03. The van der Waals surface area contributed by atoms with Gasteiger partial charge in [0, 0.05) is 28.6 Å². The maximum Gasteiger partial charge on any atom is 0.256 e. The average Bonchev–Trinajstić information content (AvgIpc) is 3.28. The number of rotatable bonds is 2. The molecule has 5 rings (SSSR count). The summed E-state index contributed by atoms with van der Waals surface area (Å²) in [6, 6.07) is 11.7. The molecule has 0 saturated carbocycles. The molecule has 0 unspecified atom stereocenters. The van der Waals surface area contributed by atoms with Crippen molar-refractivity contribution in [3.05, 3.63) is 101 Å². The summed E-state index contributed by atoms with van der Waals surface area (Å²) in [6.07, 6.45) is 12.4. The molecule has 2 aromatic rings. The molecule has 6 nitrogen and oxygen atoms in total. The van der Waals surface area contributed by atoms with Crippen LogP contribution in [0.25, 0.3) is 17.3 Å². The third kappa shape index (κ3) is 3.19. The fourth-order valence-electron chi connectivity index (χ4n) is 3.58. The van der Waals surface area contributed by atoms with Gasteiger partial charge < -0.3 is 5.32 Å². The number of carbonyl (C=O) groups is 1. The van der Waals surface area contributed by atoms with Gasteiger partial charge in [-0.25, -0.2) is 5.06 Å². The second kappa shape index (κ2) is 7.09. The number of allylic oxidation sites excluding steroid dienone is 5. The standard InChI is InChI=1S/C24H18N4O2/c1-15-5-9-21-19(12-15)20(24(29)25-21)13-16-6-8-18-22(26-27-23(18)14-16)10-7-17-4-2-3-11-28(17)30/h2-14,30H,1H3,(H,25,29)/b17-7?,20-13+,22-10?. The average molecular weight is 394 g/mol. The van der Waals surface area contributed by atoms with E-state index in [1.807, 2.05) is 61.5 Å². The lowest BCUT2D eigenvalue weighted by Crippen LogP contribution is -2.10. The first-order valence-corrected chi connectivity index (χ1v) is 9.54. The van der Waals surface area contributed by atoms with Gasteiger partial charge in [-0.3, -0.25) is 10.0 Å². The van der Waals surface area contributed by atoms with E-state index < -0.39 is 0 Å². The number of amides is 1. The zero-order valence-corrected chi connectivity index (χ0v) is 16.2. The largest absolute Gasteiger partial charge is 0.321 e. The number of anilines is 1. The summed E-state index contributed by atoms with van der Waals surface area (Å²) in [7, 11) is 0. The molecule has 0 bridgehead atoms. The van der Waals surface area contributed by atoms with E-state index in [1.54, 1.807) is 24.4 Å². The number of benzene rings is 2. The molecule has 0 fully saturated rings. The van der Waals surface area contributed by atoms with Crippen LogP contribution in [0, 0.1) is 6.92 Å². The lowest BCUT2D eigenvalue weighted by molar-refractivity contribution is -0.110. The van der Waals surface area contributed by atoms with Gasteiger partial charge in [0.1, 0.15) is 0 Å². The lowest BCUT2D eigenvalue weighted by Gasteiger charge is -2.14. The second-order valence-electron chi connectivity index (χ2n) is 7.23. The Morgan fingerprint density at radius 1 is 1.03 bits per heavy atom. The quantitative estimate of drug-likeness (QED) is 0.652. The molecule has 2 N–H and O–H groups in total. The van der Waals surface area contributed by atoms with Gasteiger partial charge in [0.15, 0.2) is 0 Å². The number of nitrogens with zero attached hydrogens (tertiary/aromatic N) is 3. The van der Waals surface area contributed by atoms with Crippen LogP contribution in [0.4, 0.5) is 11.4 Å². The van der Waals surface area contributed by atoms with Crippen molar-refractivity contribution < 1.29 is 10.0 Å². The maximum absolute atomic E-state index is 12.4. The van der Waals surface area contributed by atoms with E-state index in [4.69, 9.17) is 0 Å². The molecule has 0 saturated heterocycles. The SMILES string of the molecule is Cc1ccc2c(c1)/C(=C\c1ccc3c(c1)N=NC3=CC=C1C=CC=CN1O)C(=O)N2. The summed E-state index contributed by atoms with van der Waals surface area (Å²) >= 11 is 0. The Morgan fingerprint density at radius 2 is 1.93 bits per heavy atom. The Kier molecular flexibility index (Phi) is 4.26. The summed E-state index contributed by atoms with van der Waals surface area (Å²) in [5.41, 5.74) is 7.38. The number of aryl methyl sites for hydroxylation is 1. The van der Waals surface area contributed by atoms with Crippen molar-refractivity contribution in [2.45, 2.75) is 6.92 Å². The molecule has 146 valence electrons. The molecule has 3 heterocycles. The second-order valence-corrected chi connectivity index (χ2v) is 7.23. The fraction of sp³-hybridized carbons (Fsp3) is 0.0417. The van der Waals surface area contributed by atoms with E-state index in [9.17, 15) is 10.0 Å². The molecule has 3 aliphatic heterocycles. The van der Waals surface area contributed by atoms with Crippen LogP contribution in [0.5, 0.6) is 0 Å². The fourth-order valence-corrected chi connectivity index (χ4v) is 3.58. The van der Waals surface area contributed by atoms with Crippen molar-refractivity contribution in [2.75, 3.05) is 5.32 Å². The number of fused-ring (bicyclic) bond motifs is 2. The third-order valence-electron chi connectivity index (χ3n) is 5.11. The molecule has 0 radical (unpaired) electrons. The lowest BCUT2D eigenvalue weighted by atomic mass is 10.0. The molecule has 2 aromatic carbocycles. The highest BCUT2D eigenvalue weighted by Crippen LogP contribution is 2.38. The number of carbonyl (C=O) groups excluding carboxylic acids is 1. The van der Waals surface area contributed by atoms with Crippen molar-refractivity contribution >= 4 is 34.6 Å². The number of azo groups is 1. The highest BCUT2D eigenvalue weighted by Gasteiger charge is 2.24. The number of hydrogen-bond donors (Lipinski definition) is 2. The first-order valence-electron chi connectivity index (χ1n) is 9.54. The van der Waals surface area contributed by atoms with E-state index in [2.05, 4.69) is 15.5 Å². The smallest absolute Gasteiger partial charge is 0.256 e. The van der Waals surface area contributed by atoms with Gasteiger partial charge >= 0.3 is 0 Å². The molecule has 0 atom stereocenters. The van der Waals surface area contributed by atoms with Crippen LogP contribution < -0.4 is 5.32 Å². The number of hydrogen-bond acceptors (Lipinski definition) is 5. The van der Waals surface area contributed by atoms with Gasteiger partial charge in [0.25, 0.3) is 5.91 Å². The highest BCUT2D eigenvalue weighted by molar-refractivity contribution is 6.35. The van der Waals surface area contributed by atoms with E-state index in [1.165, 1.54) is 0 Å². The predicted octanol–water partition coefficient (Wildman–Crippen LogP) is 5.58. The zero-order valence-electron chi connectivity index (χ0n) is 16.2. The summed E-state index contributed by atoms with van der Waals surface area (Å²) in [5.74, 6) is -0.104. The molecule has 30 heavy (non-hydrogen) atoms. The Bertz CT molecular complexity index is 1260. The van der Waals surface area contributed by atoms with Gasteiger partial charge in [-0.2, -0.15) is 0 Å². The van der Waals surface area contributed by atoms with Crippen LogP contribution in [-0.4, -0.2) is 16.2 Å². The third-order valence-corrected chi connectivity index (χ3v) is 5.11. The first kappa shape index (κ1) is 18.0. The van der Waals surface area contributed by atoms with E-state index in [0.29, 0.717) is 17.0 Å². The molecular formula is C24H18N4O2. The van der Waals surface area contributed by atoms with Crippen molar-refractivity contribution in [2.24, 2.45) is 10.2 Å². The Morgan fingerprint density at radius 3 is 2.80 bits per heavy atom. The first-order chi connectivity index (χ1) is 14.6. The summed E-state index contributed by atoms with van der Waals surface area (Å²) in [5, 5.41) is 22.3. The minimum atomic E-state index is -0.104. The molecule has 1 amide bonds. The van der Waals surface area contributed by atoms with Gasteiger partial charge in [0.2, 0.25) is 0 Å².